The van der Waals surface area contributed by atoms with E-state index in [4.69, 9.17) is 9.84 Å². The van der Waals surface area contributed by atoms with Crippen molar-refractivity contribution in [3.63, 3.8) is 0 Å². The van der Waals surface area contributed by atoms with Crippen LogP contribution in [0.4, 0.5) is 10.5 Å². The van der Waals surface area contributed by atoms with Gasteiger partial charge < -0.3 is 20.1 Å². The average Bonchev–Trinajstić information content (AvgIpc) is 2.55. The van der Waals surface area contributed by atoms with Gasteiger partial charge in [-0.2, -0.15) is 0 Å². The van der Waals surface area contributed by atoms with E-state index >= 15 is 0 Å². The first-order chi connectivity index (χ1) is 11.4. The van der Waals surface area contributed by atoms with Gasteiger partial charge >= 0.3 is 18.0 Å². The van der Waals surface area contributed by atoms with E-state index in [0.29, 0.717) is 30.8 Å². The number of carbonyl (C=O) groups is 3. The number of benzene rings is 1. The number of carboxylic acid groups (broad SMARTS) is 1. The SMILES string of the molecule is CCOC(=O)c1ccc(NC(=O)N2CC(C)CC(C(=O)O)C2)cc1. The summed E-state index contributed by atoms with van der Waals surface area (Å²) in [5.41, 5.74) is 0.950. The molecule has 0 saturated carbocycles. The molecule has 7 heteroatoms. The molecule has 0 spiro atoms. The van der Waals surface area contributed by atoms with E-state index in [1.165, 1.54) is 4.90 Å². The number of esters is 1. The molecule has 1 saturated heterocycles. The summed E-state index contributed by atoms with van der Waals surface area (Å²) in [6, 6.07) is 6.05. The van der Waals surface area contributed by atoms with Gasteiger partial charge in [0.2, 0.25) is 0 Å². The van der Waals surface area contributed by atoms with Gasteiger partial charge in [0.05, 0.1) is 18.1 Å². The van der Waals surface area contributed by atoms with Crippen LogP contribution in [0.2, 0.25) is 0 Å². The molecule has 2 atom stereocenters. The zero-order valence-corrected chi connectivity index (χ0v) is 13.8. The Labute approximate surface area is 140 Å². The van der Waals surface area contributed by atoms with Crippen molar-refractivity contribution in [3.05, 3.63) is 29.8 Å². The van der Waals surface area contributed by atoms with E-state index in [-0.39, 0.29) is 18.5 Å². The topological polar surface area (TPSA) is 95.9 Å². The van der Waals surface area contributed by atoms with Crippen molar-refractivity contribution >= 4 is 23.7 Å². The molecule has 0 aromatic heterocycles. The smallest absolute Gasteiger partial charge is 0.338 e. The number of amides is 2. The van der Waals surface area contributed by atoms with Crippen LogP contribution in [0.1, 0.15) is 30.6 Å². The van der Waals surface area contributed by atoms with Crippen molar-refractivity contribution in [1.82, 2.24) is 4.90 Å². The van der Waals surface area contributed by atoms with E-state index in [1.54, 1.807) is 31.2 Å². The molecular weight excluding hydrogens is 312 g/mol. The van der Waals surface area contributed by atoms with Crippen LogP contribution in [-0.2, 0) is 9.53 Å². The molecule has 1 aromatic rings. The van der Waals surface area contributed by atoms with Crippen molar-refractivity contribution in [1.29, 1.82) is 0 Å². The molecule has 1 aliphatic rings. The number of piperidine rings is 1. The fraction of sp³-hybridized carbons (Fsp3) is 0.471. The largest absolute Gasteiger partial charge is 0.481 e. The van der Waals surface area contributed by atoms with Crippen LogP contribution in [0.3, 0.4) is 0 Å². The molecule has 0 bridgehead atoms. The van der Waals surface area contributed by atoms with Crippen LogP contribution in [0, 0.1) is 11.8 Å². The van der Waals surface area contributed by atoms with Crippen molar-refractivity contribution < 1.29 is 24.2 Å². The lowest BCUT2D eigenvalue weighted by Crippen LogP contribution is -2.47. The maximum absolute atomic E-state index is 12.3. The van der Waals surface area contributed by atoms with Gasteiger partial charge in [0.1, 0.15) is 0 Å². The van der Waals surface area contributed by atoms with E-state index in [2.05, 4.69) is 5.32 Å². The number of hydrogen-bond acceptors (Lipinski definition) is 4. The fourth-order valence-electron chi connectivity index (χ4n) is 2.80. The van der Waals surface area contributed by atoms with E-state index in [9.17, 15) is 14.4 Å². The molecule has 1 heterocycles. The number of anilines is 1. The van der Waals surface area contributed by atoms with E-state index in [0.717, 1.165) is 0 Å². The second-order valence-corrected chi connectivity index (χ2v) is 6.01. The number of urea groups is 1. The molecule has 1 fully saturated rings. The lowest BCUT2D eigenvalue weighted by atomic mass is 9.91. The number of carboxylic acids is 1. The highest BCUT2D eigenvalue weighted by Crippen LogP contribution is 2.22. The molecule has 130 valence electrons. The molecule has 7 nitrogen and oxygen atoms in total. The predicted octanol–water partition coefficient (Wildman–Crippen LogP) is 2.44. The minimum atomic E-state index is -0.877. The minimum absolute atomic E-state index is 0.136. The number of ether oxygens (including phenoxy) is 1. The lowest BCUT2D eigenvalue weighted by Gasteiger charge is -2.34. The van der Waals surface area contributed by atoms with Crippen molar-refractivity contribution in [2.75, 3.05) is 25.0 Å². The molecule has 1 aromatic carbocycles. The summed E-state index contributed by atoms with van der Waals surface area (Å²) in [5.74, 6) is -1.69. The van der Waals surface area contributed by atoms with Gasteiger partial charge in [0, 0.05) is 18.8 Å². The van der Waals surface area contributed by atoms with Crippen molar-refractivity contribution in [3.8, 4) is 0 Å². The number of hydrogen-bond donors (Lipinski definition) is 2. The minimum Gasteiger partial charge on any atom is -0.481 e. The maximum atomic E-state index is 12.3. The summed E-state index contributed by atoms with van der Waals surface area (Å²) in [5, 5.41) is 11.9. The normalized spacial score (nSPS) is 20.3. The molecule has 0 radical (unpaired) electrons. The first kappa shape index (κ1) is 17.8. The Kier molecular flexibility index (Phi) is 5.78. The molecule has 2 N–H and O–H groups in total. The quantitative estimate of drug-likeness (QED) is 0.825. The van der Waals surface area contributed by atoms with Crippen LogP contribution in [0.15, 0.2) is 24.3 Å². The second kappa shape index (κ2) is 7.81. The molecule has 0 aliphatic carbocycles. The Morgan fingerprint density at radius 2 is 1.92 bits per heavy atom. The molecular formula is C17H22N2O5. The van der Waals surface area contributed by atoms with Crippen LogP contribution < -0.4 is 5.32 Å². The monoisotopic (exact) mass is 334 g/mol. The molecule has 2 unspecified atom stereocenters. The summed E-state index contributed by atoms with van der Waals surface area (Å²) in [7, 11) is 0. The van der Waals surface area contributed by atoms with Crippen LogP contribution in [0.5, 0.6) is 0 Å². The van der Waals surface area contributed by atoms with Crippen molar-refractivity contribution in [2.24, 2.45) is 11.8 Å². The van der Waals surface area contributed by atoms with Crippen molar-refractivity contribution in [2.45, 2.75) is 20.3 Å². The van der Waals surface area contributed by atoms with Gasteiger partial charge in [0.25, 0.3) is 0 Å². The number of likely N-dealkylation sites (tertiary alicyclic amines) is 1. The highest BCUT2D eigenvalue weighted by Gasteiger charge is 2.31. The summed E-state index contributed by atoms with van der Waals surface area (Å²) in [6.45, 7) is 4.69. The molecule has 2 rings (SSSR count). The second-order valence-electron chi connectivity index (χ2n) is 6.01. The van der Waals surface area contributed by atoms with E-state index < -0.39 is 17.9 Å². The van der Waals surface area contributed by atoms with Crippen LogP contribution in [-0.4, -0.2) is 47.7 Å². The summed E-state index contributed by atoms with van der Waals surface area (Å²) >= 11 is 0. The number of rotatable bonds is 4. The summed E-state index contributed by atoms with van der Waals surface area (Å²) in [4.78, 5) is 36.6. The molecule has 2 amide bonds. The Balaban J connectivity index is 1.98. The Morgan fingerprint density at radius 3 is 2.50 bits per heavy atom. The number of carbonyl (C=O) groups excluding carboxylic acids is 2. The number of aliphatic carboxylic acids is 1. The average molecular weight is 334 g/mol. The zero-order valence-electron chi connectivity index (χ0n) is 13.8. The van der Waals surface area contributed by atoms with Crippen LogP contribution >= 0.6 is 0 Å². The van der Waals surface area contributed by atoms with Gasteiger partial charge in [-0.1, -0.05) is 6.92 Å². The first-order valence-electron chi connectivity index (χ1n) is 7.96. The fourth-order valence-corrected chi connectivity index (χ4v) is 2.80. The predicted molar refractivity (Wildman–Crippen MR) is 87.9 cm³/mol. The number of nitrogens with one attached hydrogen (secondary N) is 1. The number of nitrogens with zero attached hydrogens (tertiary/aromatic N) is 1. The standard InChI is InChI=1S/C17H22N2O5/c1-3-24-16(22)12-4-6-14(7-5-12)18-17(23)19-9-11(2)8-13(10-19)15(20)21/h4-7,11,13H,3,8-10H2,1-2H3,(H,18,23)(H,20,21). The van der Waals surface area contributed by atoms with Gasteiger partial charge in [-0.15, -0.1) is 0 Å². The Hall–Kier alpha value is -2.57. The zero-order chi connectivity index (χ0) is 17.7. The lowest BCUT2D eigenvalue weighted by molar-refractivity contribution is -0.143. The first-order valence-corrected chi connectivity index (χ1v) is 7.96. The van der Waals surface area contributed by atoms with Gasteiger partial charge in [-0.3, -0.25) is 4.79 Å². The highest BCUT2D eigenvalue weighted by molar-refractivity contribution is 5.92. The molecule has 1 aliphatic heterocycles. The van der Waals surface area contributed by atoms with Crippen LogP contribution in [0.25, 0.3) is 0 Å². The van der Waals surface area contributed by atoms with Gasteiger partial charge in [-0.05, 0) is 43.5 Å². The summed E-state index contributed by atoms with van der Waals surface area (Å²) < 4.78 is 4.90. The maximum Gasteiger partial charge on any atom is 0.338 e. The third-order valence-corrected chi connectivity index (χ3v) is 3.94. The highest BCUT2D eigenvalue weighted by atomic mass is 16.5. The van der Waals surface area contributed by atoms with E-state index in [1.807, 2.05) is 6.92 Å². The molecule has 24 heavy (non-hydrogen) atoms. The van der Waals surface area contributed by atoms with Gasteiger partial charge in [-0.25, -0.2) is 9.59 Å². The summed E-state index contributed by atoms with van der Waals surface area (Å²) in [6.07, 6.45) is 0.577. The Bertz CT molecular complexity index is 614. The Morgan fingerprint density at radius 1 is 1.25 bits per heavy atom. The van der Waals surface area contributed by atoms with Gasteiger partial charge in [0.15, 0.2) is 0 Å². The third-order valence-electron chi connectivity index (χ3n) is 3.94. The third kappa shape index (κ3) is 4.47.